The molecule has 0 N–H and O–H groups in total. The summed E-state index contributed by atoms with van der Waals surface area (Å²) < 4.78 is 4.84. The number of pyridine rings is 1. The molecule has 0 spiro atoms. The van der Waals surface area contributed by atoms with Gasteiger partial charge in [-0.2, -0.15) is 0 Å². The van der Waals surface area contributed by atoms with E-state index >= 15 is 0 Å². The first kappa shape index (κ1) is 26.5. The number of rotatable bonds is 7. The van der Waals surface area contributed by atoms with Crippen molar-refractivity contribution in [3.8, 4) is 5.69 Å². The van der Waals surface area contributed by atoms with Crippen molar-refractivity contribution in [2.45, 2.75) is 39.8 Å². The second-order valence-corrected chi connectivity index (χ2v) is 10.9. The molecule has 6 aromatic rings. The molecule has 0 saturated carbocycles. The standard InChI is InChI=1S/C38H36N3/c1-27(2)40(29(4)31-14-6-5-7-15-31)38(35-18-12-13-25-39-35)26-28(3)30-21-23-32(24-22-30)41-36-19-10-8-16-33(36)34-17-9-11-20-37(34)41/h5-27,29H,1-4H3/q+1. The summed E-state index contributed by atoms with van der Waals surface area (Å²) in [5.41, 5.74) is 9.39. The number of nitrogens with zero attached hydrogens (tertiary/aromatic N) is 3. The van der Waals surface area contributed by atoms with Gasteiger partial charge in [0.1, 0.15) is 11.7 Å². The Bertz CT molecular complexity index is 1800. The summed E-state index contributed by atoms with van der Waals surface area (Å²) in [7, 11) is 0. The molecule has 0 aliphatic carbocycles. The van der Waals surface area contributed by atoms with Gasteiger partial charge in [0.25, 0.3) is 0 Å². The lowest BCUT2D eigenvalue weighted by molar-refractivity contribution is -0.596. The first-order chi connectivity index (χ1) is 20.0. The average molecular weight is 535 g/mol. The van der Waals surface area contributed by atoms with Crippen LogP contribution >= 0.6 is 0 Å². The van der Waals surface area contributed by atoms with Crippen LogP contribution in [0.2, 0.25) is 0 Å². The van der Waals surface area contributed by atoms with Crippen molar-refractivity contribution < 1.29 is 4.58 Å². The van der Waals surface area contributed by atoms with Crippen molar-refractivity contribution in [2.24, 2.45) is 0 Å². The zero-order valence-corrected chi connectivity index (χ0v) is 24.2. The summed E-state index contributed by atoms with van der Waals surface area (Å²) in [5.74, 6) is 0. The van der Waals surface area contributed by atoms with Crippen LogP contribution in [-0.2, 0) is 0 Å². The van der Waals surface area contributed by atoms with Crippen molar-refractivity contribution in [3.05, 3.63) is 150 Å². The molecule has 0 aliphatic heterocycles. The number of aromatic nitrogens is 2. The zero-order valence-electron chi connectivity index (χ0n) is 24.2. The van der Waals surface area contributed by atoms with E-state index in [2.05, 4.69) is 158 Å². The SMILES string of the molecule is C/C(=C\C(c1ccccn1)=[N+](C(C)C)C(C)c1ccccc1)c1ccc(-n2c3ccccc3c3ccccc32)cc1. The van der Waals surface area contributed by atoms with E-state index in [1.807, 2.05) is 12.3 Å². The van der Waals surface area contributed by atoms with Crippen molar-refractivity contribution in [2.75, 3.05) is 0 Å². The summed E-state index contributed by atoms with van der Waals surface area (Å²) in [6.07, 6.45) is 4.18. The Morgan fingerprint density at radius 1 is 0.683 bits per heavy atom. The molecule has 0 aliphatic rings. The third-order valence-electron chi connectivity index (χ3n) is 7.98. The number of hydrogen-bond acceptors (Lipinski definition) is 1. The van der Waals surface area contributed by atoms with Gasteiger partial charge in [-0.05, 0) is 68.3 Å². The van der Waals surface area contributed by atoms with Crippen molar-refractivity contribution in [3.63, 3.8) is 0 Å². The minimum Gasteiger partial charge on any atom is -0.309 e. The molecule has 6 rings (SSSR count). The third kappa shape index (κ3) is 5.12. The van der Waals surface area contributed by atoms with Gasteiger partial charge in [0.2, 0.25) is 5.71 Å². The molecular weight excluding hydrogens is 498 g/mol. The molecule has 0 radical (unpaired) electrons. The largest absolute Gasteiger partial charge is 0.309 e. The monoisotopic (exact) mass is 534 g/mol. The van der Waals surface area contributed by atoms with E-state index in [1.165, 1.54) is 38.5 Å². The molecule has 0 amide bonds. The fourth-order valence-corrected chi connectivity index (χ4v) is 5.98. The van der Waals surface area contributed by atoms with Gasteiger partial charge in [-0.15, -0.1) is 0 Å². The van der Waals surface area contributed by atoms with Gasteiger partial charge < -0.3 is 4.57 Å². The minimum absolute atomic E-state index is 0.190. The predicted octanol–water partition coefficient (Wildman–Crippen LogP) is 9.25. The van der Waals surface area contributed by atoms with E-state index < -0.39 is 0 Å². The summed E-state index contributed by atoms with van der Waals surface area (Å²) >= 11 is 0. The van der Waals surface area contributed by atoms with Gasteiger partial charge in [-0.25, -0.2) is 9.56 Å². The molecular formula is C38H36N3+. The Morgan fingerprint density at radius 2 is 1.27 bits per heavy atom. The molecule has 3 heteroatoms. The molecule has 0 bridgehead atoms. The lowest BCUT2D eigenvalue weighted by Gasteiger charge is -2.19. The third-order valence-corrected chi connectivity index (χ3v) is 7.98. The predicted molar refractivity (Wildman–Crippen MR) is 173 cm³/mol. The number of para-hydroxylation sites is 2. The maximum atomic E-state index is 4.78. The van der Waals surface area contributed by atoms with Crippen LogP contribution in [0, 0.1) is 0 Å². The minimum atomic E-state index is 0.190. The lowest BCUT2D eigenvalue weighted by Crippen LogP contribution is -2.31. The van der Waals surface area contributed by atoms with Gasteiger partial charge in [0.15, 0.2) is 6.04 Å². The van der Waals surface area contributed by atoms with Crippen LogP contribution in [0.15, 0.2) is 134 Å². The van der Waals surface area contributed by atoms with Crippen LogP contribution in [-0.4, -0.2) is 25.9 Å². The van der Waals surface area contributed by atoms with Crippen molar-refractivity contribution >= 4 is 33.1 Å². The highest BCUT2D eigenvalue weighted by atomic mass is 15.1. The van der Waals surface area contributed by atoms with Crippen LogP contribution in [0.3, 0.4) is 0 Å². The topological polar surface area (TPSA) is 20.8 Å². The Hall–Kier alpha value is -4.76. The first-order valence-corrected chi connectivity index (χ1v) is 14.4. The van der Waals surface area contributed by atoms with Gasteiger partial charge in [0, 0.05) is 41.2 Å². The molecule has 202 valence electrons. The summed E-state index contributed by atoms with van der Waals surface area (Å²) in [6, 6.07) is 43.6. The fraction of sp³-hybridized carbons (Fsp3) is 0.158. The van der Waals surface area contributed by atoms with Crippen LogP contribution in [0.25, 0.3) is 33.1 Å². The average Bonchev–Trinajstić information content (AvgIpc) is 3.36. The highest BCUT2D eigenvalue weighted by Crippen LogP contribution is 2.32. The van der Waals surface area contributed by atoms with Crippen molar-refractivity contribution in [1.29, 1.82) is 0 Å². The highest BCUT2D eigenvalue weighted by molar-refractivity contribution is 6.09. The lowest BCUT2D eigenvalue weighted by atomic mass is 10.0. The van der Waals surface area contributed by atoms with E-state index in [4.69, 9.17) is 4.98 Å². The number of hydrogen-bond donors (Lipinski definition) is 0. The molecule has 3 nitrogen and oxygen atoms in total. The van der Waals surface area contributed by atoms with Crippen LogP contribution in [0.5, 0.6) is 0 Å². The molecule has 0 saturated heterocycles. The molecule has 41 heavy (non-hydrogen) atoms. The Balaban J connectivity index is 1.45. The maximum absolute atomic E-state index is 4.78. The molecule has 1 unspecified atom stereocenters. The van der Waals surface area contributed by atoms with E-state index in [-0.39, 0.29) is 12.1 Å². The summed E-state index contributed by atoms with van der Waals surface area (Å²) in [5, 5.41) is 2.55. The number of fused-ring (bicyclic) bond motifs is 3. The van der Waals surface area contributed by atoms with Gasteiger partial charge >= 0.3 is 0 Å². The van der Waals surface area contributed by atoms with E-state index in [0.29, 0.717) is 0 Å². The van der Waals surface area contributed by atoms with Crippen molar-refractivity contribution in [1.82, 2.24) is 9.55 Å². The van der Waals surface area contributed by atoms with E-state index in [1.54, 1.807) is 0 Å². The van der Waals surface area contributed by atoms with Crippen LogP contribution < -0.4 is 0 Å². The number of allylic oxidation sites excluding steroid dienone is 2. The van der Waals surface area contributed by atoms with Crippen LogP contribution in [0.4, 0.5) is 0 Å². The Morgan fingerprint density at radius 3 is 1.85 bits per heavy atom. The second-order valence-electron chi connectivity index (χ2n) is 10.9. The fourth-order valence-electron chi connectivity index (χ4n) is 5.98. The van der Waals surface area contributed by atoms with Gasteiger partial charge in [0.05, 0.1) is 11.0 Å². The molecule has 4 aromatic carbocycles. The smallest absolute Gasteiger partial charge is 0.226 e. The zero-order chi connectivity index (χ0) is 28.3. The maximum Gasteiger partial charge on any atom is 0.226 e. The molecule has 1 atom stereocenters. The summed E-state index contributed by atoms with van der Waals surface area (Å²) in [4.78, 5) is 4.78. The molecule has 0 fully saturated rings. The quantitative estimate of drug-likeness (QED) is 0.148. The highest BCUT2D eigenvalue weighted by Gasteiger charge is 2.27. The normalized spacial score (nSPS) is 13.5. The number of benzene rings is 4. The van der Waals surface area contributed by atoms with Gasteiger partial charge in [-0.1, -0.05) is 84.9 Å². The first-order valence-electron chi connectivity index (χ1n) is 14.4. The summed E-state index contributed by atoms with van der Waals surface area (Å²) in [6.45, 7) is 8.99. The van der Waals surface area contributed by atoms with Gasteiger partial charge in [-0.3, -0.25) is 0 Å². The van der Waals surface area contributed by atoms with E-state index in [0.717, 1.165) is 17.1 Å². The Labute approximate surface area is 242 Å². The Kier molecular flexibility index (Phi) is 7.35. The molecule has 2 heterocycles. The second kappa shape index (κ2) is 11.4. The molecule has 2 aromatic heterocycles. The van der Waals surface area contributed by atoms with Crippen LogP contribution in [0.1, 0.15) is 50.6 Å². The van der Waals surface area contributed by atoms with E-state index in [9.17, 15) is 0 Å².